The second kappa shape index (κ2) is 8.11. The Labute approximate surface area is 166 Å². The number of esters is 1. The predicted octanol–water partition coefficient (Wildman–Crippen LogP) is 5.63. The Morgan fingerprint density at radius 1 is 1.07 bits per heavy atom. The zero-order valence-corrected chi connectivity index (χ0v) is 17.2. The summed E-state index contributed by atoms with van der Waals surface area (Å²) in [4.78, 5) is 16.4. The molecule has 4 nitrogen and oxygen atoms in total. The number of hydrogen-bond acceptors (Lipinski definition) is 4. The topological polar surface area (TPSA) is 48.4 Å². The Bertz CT molecular complexity index is 989. The SMILES string of the molecule is Cc1ccccc1-c1ccnc2cc(C(C)OCC(=O)OC(C)(C)C)ccc12. The molecule has 0 N–H and O–H groups in total. The number of carbonyl (C=O) groups is 1. The number of benzene rings is 2. The maximum atomic E-state index is 11.9. The van der Waals surface area contributed by atoms with E-state index in [4.69, 9.17) is 9.47 Å². The van der Waals surface area contributed by atoms with Crippen LogP contribution in [0.15, 0.2) is 54.7 Å². The van der Waals surface area contributed by atoms with Crippen molar-refractivity contribution in [1.82, 2.24) is 4.98 Å². The number of carbonyl (C=O) groups excluding carboxylic acids is 1. The predicted molar refractivity (Wildman–Crippen MR) is 112 cm³/mol. The standard InChI is InChI=1S/C24H27NO3/c1-16-8-6-7-9-19(16)20-12-13-25-22-14-18(10-11-21(20)22)17(2)27-15-23(26)28-24(3,4)5/h6-14,17H,15H2,1-5H3. The van der Waals surface area contributed by atoms with E-state index in [-0.39, 0.29) is 18.7 Å². The molecule has 0 aliphatic heterocycles. The highest BCUT2D eigenvalue weighted by Gasteiger charge is 2.18. The number of pyridine rings is 1. The molecule has 0 radical (unpaired) electrons. The number of aromatic nitrogens is 1. The van der Waals surface area contributed by atoms with Gasteiger partial charge in [-0.2, -0.15) is 0 Å². The van der Waals surface area contributed by atoms with Crippen molar-refractivity contribution in [3.05, 3.63) is 65.9 Å². The van der Waals surface area contributed by atoms with Gasteiger partial charge in [-0.3, -0.25) is 4.98 Å². The second-order valence-electron chi connectivity index (χ2n) is 7.99. The van der Waals surface area contributed by atoms with Gasteiger partial charge in [0.1, 0.15) is 12.2 Å². The molecule has 3 rings (SSSR count). The third-order valence-electron chi connectivity index (χ3n) is 4.54. The molecule has 1 unspecified atom stereocenters. The lowest BCUT2D eigenvalue weighted by atomic mass is 9.96. The van der Waals surface area contributed by atoms with Crippen LogP contribution in [0.4, 0.5) is 0 Å². The van der Waals surface area contributed by atoms with Gasteiger partial charge < -0.3 is 9.47 Å². The largest absolute Gasteiger partial charge is 0.458 e. The van der Waals surface area contributed by atoms with Gasteiger partial charge in [-0.05, 0) is 69.0 Å². The van der Waals surface area contributed by atoms with Gasteiger partial charge in [0, 0.05) is 11.6 Å². The van der Waals surface area contributed by atoms with Crippen LogP contribution < -0.4 is 0 Å². The van der Waals surface area contributed by atoms with Crippen LogP contribution in [0.5, 0.6) is 0 Å². The van der Waals surface area contributed by atoms with E-state index in [1.807, 2.05) is 58.2 Å². The smallest absolute Gasteiger partial charge is 0.332 e. The minimum absolute atomic E-state index is 0.0762. The van der Waals surface area contributed by atoms with Crippen molar-refractivity contribution in [3.8, 4) is 11.1 Å². The van der Waals surface area contributed by atoms with Gasteiger partial charge >= 0.3 is 5.97 Å². The van der Waals surface area contributed by atoms with Gasteiger partial charge in [0.25, 0.3) is 0 Å². The first-order valence-corrected chi connectivity index (χ1v) is 9.53. The summed E-state index contributed by atoms with van der Waals surface area (Å²) in [5.74, 6) is -0.361. The molecular weight excluding hydrogens is 350 g/mol. The van der Waals surface area contributed by atoms with Crippen LogP contribution >= 0.6 is 0 Å². The van der Waals surface area contributed by atoms with Crippen molar-refractivity contribution >= 4 is 16.9 Å². The van der Waals surface area contributed by atoms with Crippen LogP contribution in [0.1, 0.15) is 44.9 Å². The molecule has 2 aromatic carbocycles. The lowest BCUT2D eigenvalue weighted by Crippen LogP contribution is -2.26. The molecule has 1 aromatic heterocycles. The fraction of sp³-hybridized carbons (Fsp3) is 0.333. The quantitative estimate of drug-likeness (QED) is 0.541. The van der Waals surface area contributed by atoms with Crippen molar-refractivity contribution in [1.29, 1.82) is 0 Å². The van der Waals surface area contributed by atoms with E-state index in [0.717, 1.165) is 22.0 Å². The zero-order chi connectivity index (χ0) is 20.3. The van der Waals surface area contributed by atoms with Crippen LogP contribution in [0, 0.1) is 6.92 Å². The molecule has 0 spiro atoms. The Morgan fingerprint density at radius 2 is 1.82 bits per heavy atom. The molecule has 0 bridgehead atoms. The summed E-state index contributed by atoms with van der Waals surface area (Å²) in [6.45, 7) is 9.49. The van der Waals surface area contributed by atoms with Crippen LogP contribution in [-0.2, 0) is 14.3 Å². The first-order chi connectivity index (χ1) is 13.2. The lowest BCUT2D eigenvalue weighted by molar-refractivity contribution is -0.162. The zero-order valence-electron chi connectivity index (χ0n) is 17.2. The number of nitrogens with zero attached hydrogens (tertiary/aromatic N) is 1. The van der Waals surface area contributed by atoms with Crippen LogP contribution in [0.2, 0.25) is 0 Å². The summed E-state index contributed by atoms with van der Waals surface area (Å²) < 4.78 is 11.0. The average molecular weight is 377 g/mol. The van der Waals surface area contributed by atoms with Gasteiger partial charge in [-0.25, -0.2) is 4.79 Å². The Balaban J connectivity index is 1.81. The molecule has 0 aliphatic carbocycles. The summed E-state index contributed by atoms with van der Waals surface area (Å²) in [5, 5.41) is 1.10. The van der Waals surface area contributed by atoms with Gasteiger partial charge in [-0.15, -0.1) is 0 Å². The van der Waals surface area contributed by atoms with Gasteiger partial charge in [-0.1, -0.05) is 36.4 Å². The summed E-state index contributed by atoms with van der Waals surface area (Å²) >= 11 is 0. The van der Waals surface area contributed by atoms with Crippen LogP contribution in [0.3, 0.4) is 0 Å². The lowest BCUT2D eigenvalue weighted by Gasteiger charge is -2.20. The third kappa shape index (κ3) is 4.76. The molecular formula is C24H27NO3. The highest BCUT2D eigenvalue weighted by Crippen LogP contribution is 2.31. The minimum Gasteiger partial charge on any atom is -0.458 e. The average Bonchev–Trinajstić information content (AvgIpc) is 2.64. The highest BCUT2D eigenvalue weighted by molar-refractivity contribution is 5.95. The van der Waals surface area contributed by atoms with Crippen LogP contribution in [-0.4, -0.2) is 23.2 Å². The van der Waals surface area contributed by atoms with Crippen molar-refractivity contribution in [2.45, 2.75) is 46.3 Å². The molecule has 146 valence electrons. The summed E-state index contributed by atoms with van der Waals surface area (Å²) in [7, 11) is 0. The van der Waals surface area contributed by atoms with Crippen molar-refractivity contribution in [2.24, 2.45) is 0 Å². The number of hydrogen-bond donors (Lipinski definition) is 0. The maximum absolute atomic E-state index is 11.9. The monoisotopic (exact) mass is 377 g/mol. The molecule has 0 aliphatic rings. The molecule has 0 fully saturated rings. The molecule has 4 heteroatoms. The van der Waals surface area contributed by atoms with Crippen molar-refractivity contribution < 1.29 is 14.3 Å². The Hall–Kier alpha value is -2.72. The third-order valence-corrected chi connectivity index (χ3v) is 4.54. The molecule has 1 atom stereocenters. The number of aryl methyl sites for hydroxylation is 1. The van der Waals surface area contributed by atoms with E-state index in [2.05, 4.69) is 36.2 Å². The van der Waals surface area contributed by atoms with E-state index in [1.54, 1.807) is 0 Å². The van der Waals surface area contributed by atoms with Gasteiger partial charge in [0.05, 0.1) is 11.6 Å². The van der Waals surface area contributed by atoms with E-state index >= 15 is 0 Å². The fourth-order valence-electron chi connectivity index (χ4n) is 3.19. The number of fused-ring (bicyclic) bond motifs is 1. The fourth-order valence-corrected chi connectivity index (χ4v) is 3.19. The number of rotatable bonds is 5. The minimum atomic E-state index is -0.511. The molecule has 0 amide bonds. The van der Waals surface area contributed by atoms with Crippen LogP contribution in [0.25, 0.3) is 22.0 Å². The molecule has 0 saturated carbocycles. The van der Waals surface area contributed by atoms with E-state index < -0.39 is 5.60 Å². The molecule has 3 aromatic rings. The molecule has 0 saturated heterocycles. The molecule has 1 heterocycles. The summed E-state index contributed by atoms with van der Waals surface area (Å²) in [5.41, 5.74) is 4.97. The maximum Gasteiger partial charge on any atom is 0.332 e. The highest BCUT2D eigenvalue weighted by atomic mass is 16.6. The normalized spacial score (nSPS) is 12.8. The first-order valence-electron chi connectivity index (χ1n) is 9.53. The number of ether oxygens (including phenoxy) is 2. The Kier molecular flexibility index (Phi) is 5.80. The van der Waals surface area contributed by atoms with Gasteiger partial charge in [0.15, 0.2) is 0 Å². The molecule has 28 heavy (non-hydrogen) atoms. The van der Waals surface area contributed by atoms with E-state index in [9.17, 15) is 4.79 Å². The Morgan fingerprint density at radius 3 is 2.54 bits per heavy atom. The summed E-state index contributed by atoms with van der Waals surface area (Å²) in [6, 6.07) is 16.5. The van der Waals surface area contributed by atoms with Crippen molar-refractivity contribution in [3.63, 3.8) is 0 Å². The summed E-state index contributed by atoms with van der Waals surface area (Å²) in [6.07, 6.45) is 1.60. The van der Waals surface area contributed by atoms with E-state index in [1.165, 1.54) is 11.1 Å². The van der Waals surface area contributed by atoms with Gasteiger partial charge in [0.2, 0.25) is 0 Å². The van der Waals surface area contributed by atoms with E-state index in [0.29, 0.717) is 0 Å². The first kappa shape index (κ1) is 20.0. The second-order valence-corrected chi connectivity index (χ2v) is 7.99. The van der Waals surface area contributed by atoms with Crippen molar-refractivity contribution in [2.75, 3.05) is 6.61 Å².